The third-order valence-corrected chi connectivity index (χ3v) is 7.43. The lowest BCUT2D eigenvalue weighted by molar-refractivity contribution is 0.0630. The van der Waals surface area contributed by atoms with Gasteiger partial charge in [-0.25, -0.2) is 0 Å². The Labute approximate surface area is 211 Å². The topological polar surface area (TPSA) is 81.2 Å². The molecule has 0 unspecified atom stereocenters. The average molecular weight is 489 g/mol. The zero-order valence-electron chi connectivity index (χ0n) is 20.5. The van der Waals surface area contributed by atoms with E-state index in [1.165, 1.54) is 9.80 Å². The molecule has 2 aromatic rings. The standard InChI is InChI=1S/C28H32N4O4/c33-25-21-9-1-2-10-22(21)26(34)31(25)15-7-5-13-29-17-19-30(20-18-29)14-6-8-16-32-27(35)23-11-3-4-12-24(23)28(32)36/h1-4,9-12H,5-8,13-20H2. The van der Waals surface area contributed by atoms with Crippen LogP contribution in [0.2, 0.25) is 0 Å². The minimum atomic E-state index is -0.174. The Hall–Kier alpha value is -3.36. The van der Waals surface area contributed by atoms with Crippen molar-refractivity contribution >= 4 is 23.6 Å². The van der Waals surface area contributed by atoms with Gasteiger partial charge >= 0.3 is 0 Å². The van der Waals surface area contributed by atoms with Crippen molar-refractivity contribution in [3.05, 3.63) is 70.8 Å². The zero-order chi connectivity index (χ0) is 25.1. The molecular weight excluding hydrogens is 456 g/mol. The van der Waals surface area contributed by atoms with Crippen LogP contribution in [0.1, 0.15) is 67.1 Å². The Kier molecular flexibility index (Phi) is 7.25. The average Bonchev–Trinajstić information content (AvgIpc) is 3.30. The Bertz CT molecular complexity index is 1010. The minimum absolute atomic E-state index is 0.174. The van der Waals surface area contributed by atoms with Crippen LogP contribution in [0.4, 0.5) is 0 Å². The van der Waals surface area contributed by atoms with Crippen LogP contribution in [0.25, 0.3) is 0 Å². The van der Waals surface area contributed by atoms with Gasteiger partial charge in [0.1, 0.15) is 0 Å². The lowest BCUT2D eigenvalue weighted by atomic mass is 10.1. The highest BCUT2D eigenvalue weighted by atomic mass is 16.2. The van der Waals surface area contributed by atoms with Crippen LogP contribution in [0.15, 0.2) is 48.5 Å². The van der Waals surface area contributed by atoms with Crippen molar-refractivity contribution in [3.8, 4) is 0 Å². The molecular formula is C28H32N4O4. The predicted octanol–water partition coefficient (Wildman–Crippen LogP) is 2.76. The zero-order valence-corrected chi connectivity index (χ0v) is 20.5. The number of rotatable bonds is 10. The molecule has 0 aromatic heterocycles. The van der Waals surface area contributed by atoms with E-state index in [-0.39, 0.29) is 23.6 Å². The number of benzene rings is 2. The molecule has 4 amide bonds. The molecule has 5 rings (SSSR count). The van der Waals surface area contributed by atoms with Gasteiger partial charge in [0, 0.05) is 39.3 Å². The molecule has 36 heavy (non-hydrogen) atoms. The van der Waals surface area contributed by atoms with E-state index in [0.29, 0.717) is 35.3 Å². The number of imide groups is 2. The summed E-state index contributed by atoms with van der Waals surface area (Å²) in [5, 5.41) is 0. The van der Waals surface area contributed by atoms with Gasteiger partial charge in [-0.3, -0.25) is 29.0 Å². The van der Waals surface area contributed by atoms with Crippen LogP contribution >= 0.6 is 0 Å². The molecule has 0 saturated carbocycles. The summed E-state index contributed by atoms with van der Waals surface area (Å²) < 4.78 is 0. The van der Waals surface area contributed by atoms with Gasteiger partial charge in [-0.1, -0.05) is 24.3 Å². The Morgan fingerprint density at radius 1 is 0.444 bits per heavy atom. The number of carbonyl (C=O) groups is 4. The molecule has 3 heterocycles. The van der Waals surface area contributed by atoms with E-state index < -0.39 is 0 Å². The van der Waals surface area contributed by atoms with Crippen molar-refractivity contribution in [2.24, 2.45) is 0 Å². The summed E-state index contributed by atoms with van der Waals surface area (Å²) in [6.45, 7) is 6.90. The normalized spacial score (nSPS) is 18.3. The first-order valence-electron chi connectivity index (χ1n) is 12.9. The van der Waals surface area contributed by atoms with Crippen molar-refractivity contribution in [3.63, 3.8) is 0 Å². The van der Waals surface area contributed by atoms with Crippen molar-refractivity contribution in [1.29, 1.82) is 0 Å². The van der Waals surface area contributed by atoms with Crippen molar-refractivity contribution < 1.29 is 19.2 Å². The predicted molar refractivity (Wildman–Crippen MR) is 135 cm³/mol. The third kappa shape index (κ3) is 4.83. The van der Waals surface area contributed by atoms with Gasteiger partial charge in [0.15, 0.2) is 0 Å². The summed E-state index contributed by atoms with van der Waals surface area (Å²) in [5.74, 6) is -0.695. The van der Waals surface area contributed by atoms with Crippen LogP contribution in [0.3, 0.4) is 0 Å². The highest BCUT2D eigenvalue weighted by Crippen LogP contribution is 2.24. The maximum Gasteiger partial charge on any atom is 0.261 e. The molecule has 8 heteroatoms. The maximum absolute atomic E-state index is 12.5. The Morgan fingerprint density at radius 3 is 1.03 bits per heavy atom. The lowest BCUT2D eigenvalue weighted by Gasteiger charge is -2.34. The van der Waals surface area contributed by atoms with Gasteiger partial charge in [0.05, 0.1) is 22.3 Å². The van der Waals surface area contributed by atoms with Crippen molar-refractivity contribution in [2.45, 2.75) is 25.7 Å². The molecule has 2 aromatic carbocycles. The number of hydrogen-bond acceptors (Lipinski definition) is 6. The Morgan fingerprint density at radius 2 is 0.722 bits per heavy atom. The second-order valence-electron chi connectivity index (χ2n) is 9.71. The quantitative estimate of drug-likeness (QED) is 0.378. The summed E-state index contributed by atoms with van der Waals surface area (Å²) in [7, 11) is 0. The van der Waals surface area contributed by atoms with E-state index in [2.05, 4.69) is 9.80 Å². The molecule has 188 valence electrons. The smallest absolute Gasteiger partial charge is 0.261 e. The van der Waals surface area contributed by atoms with E-state index in [9.17, 15) is 19.2 Å². The molecule has 8 nitrogen and oxygen atoms in total. The number of carbonyl (C=O) groups excluding carboxylic acids is 4. The maximum atomic E-state index is 12.5. The first-order chi connectivity index (χ1) is 17.5. The lowest BCUT2D eigenvalue weighted by Crippen LogP contribution is -2.46. The van der Waals surface area contributed by atoms with Crippen LogP contribution in [0, 0.1) is 0 Å². The highest BCUT2D eigenvalue weighted by molar-refractivity contribution is 6.22. The van der Waals surface area contributed by atoms with Gasteiger partial charge in [-0.15, -0.1) is 0 Å². The van der Waals surface area contributed by atoms with Gasteiger partial charge in [-0.2, -0.15) is 0 Å². The largest absolute Gasteiger partial charge is 0.301 e. The summed E-state index contributed by atoms with van der Waals surface area (Å²) >= 11 is 0. The minimum Gasteiger partial charge on any atom is -0.301 e. The molecule has 1 fully saturated rings. The molecule has 0 N–H and O–H groups in total. The van der Waals surface area contributed by atoms with Crippen molar-refractivity contribution in [2.75, 3.05) is 52.4 Å². The number of nitrogens with zero attached hydrogens (tertiary/aromatic N) is 4. The number of fused-ring (bicyclic) bond motifs is 2. The summed E-state index contributed by atoms with van der Waals surface area (Å²) in [5.41, 5.74) is 2.06. The van der Waals surface area contributed by atoms with Crippen LogP contribution in [0.5, 0.6) is 0 Å². The number of amides is 4. The SMILES string of the molecule is O=C1c2ccccc2C(=O)N1CCCCN1CCN(CCCCN2C(=O)c3ccccc3C2=O)CC1. The fourth-order valence-electron chi connectivity index (χ4n) is 5.33. The molecule has 1 saturated heterocycles. The molecule has 0 bridgehead atoms. The molecule has 3 aliphatic heterocycles. The summed E-state index contributed by atoms with van der Waals surface area (Å²) in [4.78, 5) is 57.5. The van der Waals surface area contributed by atoms with Gasteiger partial charge in [0.25, 0.3) is 23.6 Å². The first-order valence-corrected chi connectivity index (χ1v) is 12.9. The molecule has 0 aliphatic carbocycles. The Balaban J connectivity index is 0.951. The highest BCUT2D eigenvalue weighted by Gasteiger charge is 2.35. The van der Waals surface area contributed by atoms with Crippen LogP contribution < -0.4 is 0 Å². The second-order valence-corrected chi connectivity index (χ2v) is 9.71. The van der Waals surface area contributed by atoms with Gasteiger partial charge < -0.3 is 9.80 Å². The molecule has 0 atom stereocenters. The van der Waals surface area contributed by atoms with Crippen LogP contribution in [-0.2, 0) is 0 Å². The molecule has 3 aliphatic rings. The fraction of sp³-hybridized carbons (Fsp3) is 0.429. The third-order valence-electron chi connectivity index (χ3n) is 7.43. The second kappa shape index (κ2) is 10.7. The number of hydrogen-bond donors (Lipinski definition) is 0. The first kappa shape index (κ1) is 24.3. The monoisotopic (exact) mass is 488 g/mol. The van der Waals surface area contributed by atoms with E-state index in [1.54, 1.807) is 48.5 Å². The van der Waals surface area contributed by atoms with Crippen molar-refractivity contribution in [1.82, 2.24) is 19.6 Å². The molecule has 0 radical (unpaired) electrons. The number of unbranched alkanes of at least 4 members (excludes halogenated alkanes) is 2. The molecule has 0 spiro atoms. The fourth-order valence-corrected chi connectivity index (χ4v) is 5.33. The van der Waals surface area contributed by atoms with Crippen LogP contribution in [-0.4, -0.2) is 95.6 Å². The summed E-state index contributed by atoms with van der Waals surface area (Å²) in [6, 6.07) is 14.1. The van der Waals surface area contributed by atoms with E-state index in [0.717, 1.165) is 65.0 Å². The number of piperazine rings is 1. The van der Waals surface area contributed by atoms with Gasteiger partial charge in [0.2, 0.25) is 0 Å². The van der Waals surface area contributed by atoms with E-state index in [4.69, 9.17) is 0 Å². The van der Waals surface area contributed by atoms with E-state index in [1.807, 2.05) is 0 Å². The van der Waals surface area contributed by atoms with Gasteiger partial charge in [-0.05, 0) is 63.0 Å². The van der Waals surface area contributed by atoms with E-state index >= 15 is 0 Å². The summed E-state index contributed by atoms with van der Waals surface area (Å²) in [6.07, 6.45) is 3.52.